The summed E-state index contributed by atoms with van der Waals surface area (Å²) in [4.78, 5) is 27.5. The van der Waals surface area contributed by atoms with E-state index in [1.807, 2.05) is 81.7 Å². The second kappa shape index (κ2) is 11.0. The van der Waals surface area contributed by atoms with Crippen molar-refractivity contribution in [3.63, 3.8) is 0 Å². The molecule has 2 aromatic heterocycles. The van der Waals surface area contributed by atoms with E-state index in [0.717, 1.165) is 41.7 Å². The molecule has 0 saturated carbocycles. The van der Waals surface area contributed by atoms with E-state index in [1.165, 1.54) is 23.7 Å². The summed E-state index contributed by atoms with van der Waals surface area (Å²) in [6.07, 6.45) is 1.17. The maximum atomic E-state index is 12.7. The zero-order valence-corrected chi connectivity index (χ0v) is 22.0. The number of carbonyl (C=O) groups is 1. The van der Waals surface area contributed by atoms with Crippen molar-refractivity contribution in [1.29, 1.82) is 0 Å². The summed E-state index contributed by atoms with van der Waals surface area (Å²) < 4.78 is 0. The first kappa shape index (κ1) is 24.8. The van der Waals surface area contributed by atoms with Crippen molar-refractivity contribution >= 4 is 40.8 Å². The van der Waals surface area contributed by atoms with Crippen LogP contribution in [0.25, 0.3) is 0 Å². The van der Waals surface area contributed by atoms with Gasteiger partial charge in [0.25, 0.3) is 5.91 Å². The summed E-state index contributed by atoms with van der Waals surface area (Å²) in [6.45, 7) is 4.79. The van der Waals surface area contributed by atoms with E-state index in [0.29, 0.717) is 22.4 Å². The number of nitrogens with one attached hydrogen (secondary N) is 3. The third kappa shape index (κ3) is 6.46. The van der Waals surface area contributed by atoms with Crippen molar-refractivity contribution in [2.45, 2.75) is 29.9 Å². The molecule has 2 aromatic carbocycles. The molecule has 37 heavy (non-hydrogen) atoms. The average molecular weight is 515 g/mol. The lowest BCUT2D eigenvalue weighted by Gasteiger charge is -2.32. The predicted octanol–water partition coefficient (Wildman–Crippen LogP) is 4.93. The van der Waals surface area contributed by atoms with Gasteiger partial charge in [0.2, 0.25) is 0 Å². The van der Waals surface area contributed by atoms with Gasteiger partial charge in [-0.25, -0.2) is 9.97 Å². The number of aromatic nitrogens is 4. The molecule has 9 nitrogen and oxygen atoms in total. The fourth-order valence-electron chi connectivity index (χ4n) is 3.88. The van der Waals surface area contributed by atoms with Crippen molar-refractivity contribution < 1.29 is 4.79 Å². The number of hydrogen-bond donors (Lipinski definition) is 3. The second-order valence-electron chi connectivity index (χ2n) is 9.31. The van der Waals surface area contributed by atoms with Crippen LogP contribution >= 0.6 is 11.8 Å². The van der Waals surface area contributed by atoms with Crippen LogP contribution in [0.5, 0.6) is 0 Å². The van der Waals surface area contributed by atoms with Crippen LogP contribution in [0.15, 0.2) is 70.7 Å². The van der Waals surface area contributed by atoms with Gasteiger partial charge >= 0.3 is 0 Å². The van der Waals surface area contributed by atoms with E-state index in [2.05, 4.69) is 30.6 Å². The van der Waals surface area contributed by atoms with Gasteiger partial charge in [-0.15, -0.1) is 0 Å². The molecule has 190 valence electrons. The van der Waals surface area contributed by atoms with Crippen molar-refractivity contribution in [2.24, 2.45) is 0 Å². The molecule has 0 aliphatic carbocycles. The maximum absolute atomic E-state index is 12.7. The Morgan fingerprint density at radius 1 is 1.03 bits per heavy atom. The van der Waals surface area contributed by atoms with Gasteiger partial charge in [0.15, 0.2) is 11.0 Å². The summed E-state index contributed by atoms with van der Waals surface area (Å²) in [5.41, 5.74) is 3.51. The van der Waals surface area contributed by atoms with Gasteiger partial charge in [0.05, 0.1) is 0 Å². The monoisotopic (exact) mass is 514 g/mol. The number of benzene rings is 2. The minimum atomic E-state index is -0.133. The fraction of sp³-hybridized carbons (Fsp3) is 0.259. The van der Waals surface area contributed by atoms with E-state index in [1.54, 1.807) is 0 Å². The van der Waals surface area contributed by atoms with E-state index in [-0.39, 0.29) is 5.91 Å². The van der Waals surface area contributed by atoms with Crippen LogP contribution in [0.1, 0.15) is 28.0 Å². The van der Waals surface area contributed by atoms with Gasteiger partial charge in [-0.3, -0.25) is 9.89 Å². The van der Waals surface area contributed by atoms with Gasteiger partial charge in [-0.05, 0) is 81.2 Å². The van der Waals surface area contributed by atoms with Gasteiger partial charge in [0.1, 0.15) is 11.6 Å². The Kier molecular flexibility index (Phi) is 7.38. The molecule has 1 amide bonds. The fourth-order valence-corrected chi connectivity index (χ4v) is 4.65. The molecule has 0 unspecified atom stereocenters. The zero-order valence-electron chi connectivity index (χ0n) is 21.2. The topological polar surface area (TPSA) is 102 Å². The number of H-pyrrole nitrogens is 1. The highest BCUT2D eigenvalue weighted by Crippen LogP contribution is 2.31. The van der Waals surface area contributed by atoms with E-state index < -0.39 is 0 Å². The number of amides is 1. The molecule has 0 atom stereocenters. The summed E-state index contributed by atoms with van der Waals surface area (Å²) in [6, 6.07) is 19.3. The molecule has 1 saturated heterocycles. The van der Waals surface area contributed by atoms with Crippen molar-refractivity contribution in [1.82, 2.24) is 25.1 Å². The molecule has 1 fully saturated rings. The Morgan fingerprint density at radius 2 is 1.78 bits per heavy atom. The Balaban J connectivity index is 1.26. The molecule has 0 bridgehead atoms. The Bertz CT molecular complexity index is 1360. The van der Waals surface area contributed by atoms with Crippen LogP contribution < -0.4 is 15.5 Å². The van der Waals surface area contributed by atoms with E-state index in [4.69, 9.17) is 9.97 Å². The minimum absolute atomic E-state index is 0.133. The Morgan fingerprint density at radius 3 is 2.41 bits per heavy atom. The van der Waals surface area contributed by atoms with Crippen LogP contribution in [0.2, 0.25) is 0 Å². The summed E-state index contributed by atoms with van der Waals surface area (Å²) in [7, 11) is 4.05. The number of rotatable bonds is 9. The lowest BCUT2D eigenvalue weighted by atomic mass is 10.1. The average Bonchev–Trinajstić information content (AvgIpc) is 3.23. The molecule has 0 spiro atoms. The van der Waals surface area contributed by atoms with Crippen LogP contribution in [0.4, 0.5) is 23.1 Å². The summed E-state index contributed by atoms with van der Waals surface area (Å²) >= 11 is 1.48. The van der Waals surface area contributed by atoms with E-state index in [9.17, 15) is 4.79 Å². The van der Waals surface area contributed by atoms with Crippen LogP contribution in [-0.2, 0) is 6.54 Å². The summed E-state index contributed by atoms with van der Waals surface area (Å²) in [5.74, 6) is 2.19. The number of aromatic amines is 1. The molecular formula is C27H30N8OS. The van der Waals surface area contributed by atoms with Crippen molar-refractivity contribution in [3.8, 4) is 0 Å². The third-order valence-electron chi connectivity index (χ3n) is 5.87. The van der Waals surface area contributed by atoms with Crippen molar-refractivity contribution in [2.75, 3.05) is 42.7 Å². The van der Waals surface area contributed by atoms with Crippen LogP contribution in [0, 0.1) is 6.92 Å². The molecule has 5 rings (SSSR count). The zero-order chi connectivity index (χ0) is 25.8. The van der Waals surface area contributed by atoms with Gasteiger partial charge in [0, 0.05) is 53.6 Å². The van der Waals surface area contributed by atoms with Gasteiger partial charge < -0.3 is 20.4 Å². The molecule has 1 aliphatic rings. The smallest absolute Gasteiger partial charge is 0.255 e. The van der Waals surface area contributed by atoms with Crippen molar-refractivity contribution in [3.05, 3.63) is 77.5 Å². The first-order chi connectivity index (χ1) is 17.9. The standard InChI is InChI=1S/C27H30N8OS/c1-18-15-24(33-32-18)29-23-16-25(35-13-4-14-35)31-27(30-23)37-22-11-9-21(10-12-22)28-26(36)20-7-5-19(6-8-20)17-34(2)3/h5-12,15-16H,4,13-14,17H2,1-3H3,(H,28,36)(H2,29,30,31,32,33). The predicted molar refractivity (Wildman–Crippen MR) is 148 cm³/mol. The van der Waals surface area contributed by atoms with Gasteiger partial charge in [-0.1, -0.05) is 12.1 Å². The highest BCUT2D eigenvalue weighted by atomic mass is 32.2. The van der Waals surface area contributed by atoms with E-state index >= 15 is 0 Å². The molecule has 4 aromatic rings. The van der Waals surface area contributed by atoms with Crippen LogP contribution in [0.3, 0.4) is 0 Å². The Labute approximate surface area is 220 Å². The number of hydrogen-bond acceptors (Lipinski definition) is 8. The molecule has 1 aliphatic heterocycles. The number of anilines is 4. The highest BCUT2D eigenvalue weighted by molar-refractivity contribution is 7.99. The van der Waals surface area contributed by atoms with Gasteiger partial charge in [-0.2, -0.15) is 5.10 Å². The van der Waals surface area contributed by atoms with Crippen LogP contribution in [-0.4, -0.2) is 58.2 Å². The Hall–Kier alpha value is -3.89. The second-order valence-corrected chi connectivity index (χ2v) is 10.4. The lowest BCUT2D eigenvalue weighted by Crippen LogP contribution is -2.37. The number of aryl methyl sites for hydroxylation is 1. The number of nitrogens with zero attached hydrogens (tertiary/aromatic N) is 5. The molecule has 3 N–H and O–H groups in total. The SMILES string of the molecule is Cc1cc(Nc2cc(N3CCC3)nc(Sc3ccc(NC(=O)c4ccc(CN(C)C)cc4)cc3)n2)n[nH]1. The number of carbonyl (C=O) groups excluding carboxylic acids is 1. The lowest BCUT2D eigenvalue weighted by molar-refractivity contribution is 0.102. The molecule has 0 radical (unpaired) electrons. The normalized spacial score (nSPS) is 12.9. The third-order valence-corrected chi connectivity index (χ3v) is 6.74. The largest absolute Gasteiger partial charge is 0.356 e. The molecular weight excluding hydrogens is 484 g/mol. The summed E-state index contributed by atoms with van der Waals surface area (Å²) in [5, 5.41) is 14.1. The molecule has 3 heterocycles. The first-order valence-electron chi connectivity index (χ1n) is 12.2. The highest BCUT2D eigenvalue weighted by Gasteiger charge is 2.18. The molecule has 10 heteroatoms. The minimum Gasteiger partial charge on any atom is -0.356 e. The maximum Gasteiger partial charge on any atom is 0.255 e. The quantitative estimate of drug-likeness (QED) is 0.270. The first-order valence-corrected chi connectivity index (χ1v) is 13.0.